The van der Waals surface area contributed by atoms with E-state index in [-0.39, 0.29) is 5.78 Å². The Morgan fingerprint density at radius 3 is 2.40 bits per heavy atom. The van der Waals surface area contributed by atoms with Gasteiger partial charge in [-0.15, -0.1) is 0 Å². The highest BCUT2D eigenvalue weighted by molar-refractivity contribution is 9.10. The van der Waals surface area contributed by atoms with Gasteiger partial charge in [0.15, 0.2) is 5.78 Å². The van der Waals surface area contributed by atoms with Gasteiger partial charge in [-0.1, -0.05) is 28.1 Å². The van der Waals surface area contributed by atoms with Gasteiger partial charge in [0.1, 0.15) is 0 Å². The molecule has 1 aromatic rings. The lowest BCUT2D eigenvalue weighted by molar-refractivity contribution is 0.0989. The summed E-state index contributed by atoms with van der Waals surface area (Å²) in [6.45, 7) is 0. The number of carbonyl (C=O) groups is 2. The van der Waals surface area contributed by atoms with E-state index < -0.39 is 5.24 Å². The van der Waals surface area contributed by atoms with Crippen molar-refractivity contribution in [1.29, 1.82) is 0 Å². The van der Waals surface area contributed by atoms with Crippen LogP contribution >= 0.6 is 43.5 Å². The molecule has 0 radical (unpaired) electrons. The highest BCUT2D eigenvalue weighted by Crippen LogP contribution is 2.24. The summed E-state index contributed by atoms with van der Waals surface area (Å²) >= 11 is 11.8. The van der Waals surface area contributed by atoms with Crippen molar-refractivity contribution in [1.82, 2.24) is 0 Å². The second kappa shape index (κ2) is 5.77. The normalized spacial score (nSPS) is 10.1. The fourth-order valence-corrected chi connectivity index (χ4v) is 2.42. The van der Waals surface area contributed by atoms with Gasteiger partial charge >= 0.3 is 0 Å². The summed E-state index contributed by atoms with van der Waals surface area (Å²) in [5, 5.41) is 0.0208. The van der Waals surface area contributed by atoms with Crippen LogP contribution in [0.15, 0.2) is 22.7 Å². The Labute approximate surface area is 109 Å². The lowest BCUT2D eigenvalue weighted by atomic mass is 10.1. The van der Waals surface area contributed by atoms with Crippen LogP contribution in [0.3, 0.4) is 0 Å². The van der Waals surface area contributed by atoms with E-state index in [2.05, 4.69) is 31.9 Å². The van der Waals surface area contributed by atoms with Crippen LogP contribution < -0.4 is 0 Å². The first kappa shape index (κ1) is 12.9. The topological polar surface area (TPSA) is 34.1 Å². The molecule has 80 valence electrons. The van der Waals surface area contributed by atoms with Crippen LogP contribution in [0, 0.1) is 0 Å². The number of carbonyl (C=O) groups excluding carboxylic acids is 2. The van der Waals surface area contributed by atoms with Crippen molar-refractivity contribution in [2.75, 3.05) is 5.33 Å². The van der Waals surface area contributed by atoms with Crippen molar-refractivity contribution in [3.05, 3.63) is 33.8 Å². The number of rotatable bonds is 4. The Balaban J connectivity index is 3.15. The third kappa shape index (κ3) is 3.13. The van der Waals surface area contributed by atoms with Gasteiger partial charge in [-0.25, -0.2) is 0 Å². The number of hydrogen-bond donors (Lipinski definition) is 0. The molecular weight excluding hydrogens is 347 g/mol. The van der Waals surface area contributed by atoms with Crippen LogP contribution in [0.1, 0.15) is 27.1 Å². The Bertz CT molecular complexity index is 404. The molecule has 5 heteroatoms. The Kier molecular flexibility index (Phi) is 4.96. The highest BCUT2D eigenvalue weighted by atomic mass is 79.9. The predicted molar refractivity (Wildman–Crippen MR) is 67.1 cm³/mol. The van der Waals surface area contributed by atoms with E-state index in [4.69, 9.17) is 11.6 Å². The molecule has 0 aliphatic rings. The van der Waals surface area contributed by atoms with Crippen LogP contribution in [-0.2, 0) is 0 Å². The maximum Gasteiger partial charge on any atom is 0.253 e. The van der Waals surface area contributed by atoms with Gasteiger partial charge in [-0.2, -0.15) is 0 Å². The molecule has 0 N–H and O–H groups in total. The average Bonchev–Trinajstić information content (AvgIpc) is 2.17. The van der Waals surface area contributed by atoms with Crippen molar-refractivity contribution in [3.63, 3.8) is 0 Å². The first-order valence-corrected chi connectivity index (χ1v) is 6.44. The van der Waals surface area contributed by atoms with Gasteiger partial charge in [-0.05, 0) is 33.6 Å². The summed E-state index contributed by atoms with van der Waals surface area (Å²) in [6.07, 6.45) is 0.387. The Hall–Kier alpha value is -0.190. The first-order valence-electron chi connectivity index (χ1n) is 4.15. The number of ketones is 1. The second-order valence-electron chi connectivity index (χ2n) is 2.80. The van der Waals surface area contributed by atoms with Gasteiger partial charge in [0, 0.05) is 27.4 Å². The quantitative estimate of drug-likeness (QED) is 0.468. The van der Waals surface area contributed by atoms with E-state index in [1.165, 1.54) is 0 Å². The molecule has 0 aromatic heterocycles. The maximum atomic E-state index is 11.6. The predicted octanol–water partition coefficient (Wildman–Crippen LogP) is 3.80. The molecule has 2 nitrogen and oxygen atoms in total. The minimum atomic E-state index is -0.574. The lowest BCUT2D eigenvalue weighted by Crippen LogP contribution is -2.03. The first-order chi connectivity index (χ1) is 7.07. The third-order valence-electron chi connectivity index (χ3n) is 1.83. The minimum Gasteiger partial charge on any atom is -0.294 e. The summed E-state index contributed by atoms with van der Waals surface area (Å²) in [7, 11) is 0. The van der Waals surface area contributed by atoms with Crippen LogP contribution in [-0.4, -0.2) is 16.4 Å². The number of Topliss-reactive ketones (excluding diaryl/α,β-unsaturated/α-hetero) is 1. The molecule has 0 heterocycles. The van der Waals surface area contributed by atoms with Crippen LogP contribution in [0.2, 0.25) is 0 Å². The summed E-state index contributed by atoms with van der Waals surface area (Å²) in [5.41, 5.74) is 0.804. The molecule has 0 saturated heterocycles. The summed E-state index contributed by atoms with van der Waals surface area (Å²) < 4.78 is 0.468. The van der Waals surface area contributed by atoms with Gasteiger partial charge in [0.05, 0.1) is 0 Å². The number of hydrogen-bond acceptors (Lipinski definition) is 2. The van der Waals surface area contributed by atoms with Crippen molar-refractivity contribution < 1.29 is 9.59 Å². The molecule has 0 aliphatic carbocycles. The Morgan fingerprint density at radius 1 is 1.27 bits per heavy atom. The van der Waals surface area contributed by atoms with E-state index in [9.17, 15) is 9.59 Å². The molecule has 0 unspecified atom stereocenters. The van der Waals surface area contributed by atoms with Crippen LogP contribution in [0.25, 0.3) is 0 Å². The summed E-state index contributed by atoms with van der Waals surface area (Å²) in [6, 6.07) is 4.88. The molecule has 1 rings (SSSR count). The van der Waals surface area contributed by atoms with Crippen LogP contribution in [0.4, 0.5) is 0 Å². The van der Waals surface area contributed by atoms with Crippen molar-refractivity contribution in [2.45, 2.75) is 6.42 Å². The molecule has 0 bridgehead atoms. The average molecular weight is 354 g/mol. The molecule has 0 fully saturated rings. The number of halogens is 3. The van der Waals surface area contributed by atoms with Crippen molar-refractivity contribution in [3.8, 4) is 0 Å². The third-order valence-corrected chi connectivity index (χ3v) is 3.29. The largest absolute Gasteiger partial charge is 0.294 e. The van der Waals surface area contributed by atoms with Crippen molar-refractivity contribution in [2.24, 2.45) is 0 Å². The van der Waals surface area contributed by atoms with E-state index >= 15 is 0 Å². The van der Waals surface area contributed by atoms with Gasteiger partial charge in [-0.3, -0.25) is 9.59 Å². The molecule has 15 heavy (non-hydrogen) atoms. The molecular formula is C10H7Br2ClO2. The zero-order valence-corrected chi connectivity index (χ0v) is 11.5. The Morgan fingerprint density at radius 2 is 1.87 bits per heavy atom. The highest BCUT2D eigenvalue weighted by Gasteiger charge is 2.15. The lowest BCUT2D eigenvalue weighted by Gasteiger charge is -2.05. The molecule has 0 atom stereocenters. The molecule has 0 amide bonds. The zero-order chi connectivity index (χ0) is 11.4. The monoisotopic (exact) mass is 352 g/mol. The number of benzene rings is 1. The van der Waals surface area contributed by atoms with Gasteiger partial charge < -0.3 is 0 Å². The van der Waals surface area contributed by atoms with Gasteiger partial charge in [0.2, 0.25) is 0 Å². The fraction of sp³-hybridized carbons (Fsp3) is 0.200. The van der Waals surface area contributed by atoms with E-state index in [1.807, 2.05) is 0 Å². The molecule has 0 aliphatic heterocycles. The summed E-state index contributed by atoms with van der Waals surface area (Å²) in [5.74, 6) is -0.0292. The summed E-state index contributed by atoms with van der Waals surface area (Å²) in [4.78, 5) is 22.6. The van der Waals surface area contributed by atoms with E-state index in [0.717, 1.165) is 0 Å². The molecule has 1 aromatic carbocycles. The van der Waals surface area contributed by atoms with E-state index in [1.54, 1.807) is 18.2 Å². The minimum absolute atomic E-state index is 0.0292. The van der Waals surface area contributed by atoms with Gasteiger partial charge in [0.25, 0.3) is 5.24 Å². The maximum absolute atomic E-state index is 11.6. The number of alkyl halides is 1. The van der Waals surface area contributed by atoms with Crippen LogP contribution in [0.5, 0.6) is 0 Å². The van der Waals surface area contributed by atoms with Crippen molar-refractivity contribution >= 4 is 54.5 Å². The smallest absolute Gasteiger partial charge is 0.253 e. The fourth-order valence-electron chi connectivity index (χ4n) is 1.12. The standard InChI is InChI=1S/C10H7Br2ClO2/c11-5-4-8(14)6-2-1-3-7(9(6)12)10(13)15/h1-3H,4-5H2. The zero-order valence-electron chi connectivity index (χ0n) is 7.60. The SMILES string of the molecule is O=C(Cl)c1cccc(C(=O)CCBr)c1Br. The second-order valence-corrected chi connectivity index (χ2v) is 4.73. The molecule has 0 spiro atoms. The molecule has 0 saturated carbocycles. The van der Waals surface area contributed by atoms with E-state index in [0.29, 0.717) is 27.4 Å².